The summed E-state index contributed by atoms with van der Waals surface area (Å²) in [5, 5.41) is 9.78. The van der Waals surface area contributed by atoms with Crippen molar-refractivity contribution in [2.24, 2.45) is 0 Å². The molecular formula is C16H17ClO4. The SMILES string of the molecule is COc1ccccc1OCCOc1cccc(Cl)c1CO. The zero-order chi connectivity index (χ0) is 15.1. The van der Waals surface area contributed by atoms with Crippen LogP contribution in [0.5, 0.6) is 17.2 Å². The maximum Gasteiger partial charge on any atom is 0.161 e. The number of hydrogen-bond donors (Lipinski definition) is 1. The van der Waals surface area contributed by atoms with Crippen molar-refractivity contribution in [2.45, 2.75) is 6.61 Å². The zero-order valence-corrected chi connectivity index (χ0v) is 12.5. The Morgan fingerprint density at radius 3 is 2.19 bits per heavy atom. The Morgan fingerprint density at radius 2 is 1.52 bits per heavy atom. The summed E-state index contributed by atoms with van der Waals surface area (Å²) in [7, 11) is 1.60. The van der Waals surface area contributed by atoms with Crippen LogP contribution >= 0.6 is 11.6 Å². The summed E-state index contributed by atoms with van der Waals surface area (Å²) in [6, 6.07) is 12.7. The lowest BCUT2D eigenvalue weighted by molar-refractivity contribution is 0.205. The van der Waals surface area contributed by atoms with Crippen LogP contribution in [0.1, 0.15) is 5.56 Å². The van der Waals surface area contributed by atoms with Gasteiger partial charge in [0, 0.05) is 10.6 Å². The first-order valence-electron chi connectivity index (χ1n) is 6.53. The number of hydrogen-bond acceptors (Lipinski definition) is 4. The minimum Gasteiger partial charge on any atom is -0.493 e. The van der Waals surface area contributed by atoms with E-state index in [1.807, 2.05) is 24.3 Å². The lowest BCUT2D eigenvalue weighted by Crippen LogP contribution is -2.10. The molecule has 0 aliphatic rings. The highest BCUT2D eigenvalue weighted by atomic mass is 35.5. The summed E-state index contributed by atoms with van der Waals surface area (Å²) in [6.45, 7) is 0.533. The van der Waals surface area contributed by atoms with Crippen LogP contribution in [-0.4, -0.2) is 25.4 Å². The fourth-order valence-corrected chi connectivity index (χ4v) is 2.09. The normalized spacial score (nSPS) is 10.2. The third-order valence-corrected chi connectivity index (χ3v) is 3.26. The molecule has 112 valence electrons. The molecule has 0 aromatic heterocycles. The molecule has 0 spiro atoms. The molecule has 0 amide bonds. The smallest absolute Gasteiger partial charge is 0.161 e. The van der Waals surface area contributed by atoms with Gasteiger partial charge in [-0.2, -0.15) is 0 Å². The Bertz CT molecular complexity index is 586. The second-order valence-electron chi connectivity index (χ2n) is 4.22. The molecule has 0 unspecified atom stereocenters. The number of halogens is 1. The van der Waals surface area contributed by atoms with E-state index in [0.29, 0.717) is 41.0 Å². The summed E-state index contributed by atoms with van der Waals surface area (Å²) in [5.41, 5.74) is 0.580. The van der Waals surface area contributed by atoms with Gasteiger partial charge in [-0.05, 0) is 24.3 Å². The third kappa shape index (κ3) is 4.03. The summed E-state index contributed by atoms with van der Waals surface area (Å²) in [4.78, 5) is 0. The van der Waals surface area contributed by atoms with Crippen molar-refractivity contribution in [1.82, 2.24) is 0 Å². The van der Waals surface area contributed by atoms with Crippen LogP contribution in [0, 0.1) is 0 Å². The van der Waals surface area contributed by atoms with Gasteiger partial charge >= 0.3 is 0 Å². The second-order valence-corrected chi connectivity index (χ2v) is 4.63. The number of benzene rings is 2. The van der Waals surface area contributed by atoms with Crippen molar-refractivity contribution in [1.29, 1.82) is 0 Å². The first-order valence-corrected chi connectivity index (χ1v) is 6.91. The van der Waals surface area contributed by atoms with E-state index in [9.17, 15) is 5.11 Å². The largest absolute Gasteiger partial charge is 0.493 e. The van der Waals surface area contributed by atoms with Crippen molar-refractivity contribution in [3.63, 3.8) is 0 Å². The van der Waals surface area contributed by atoms with E-state index in [4.69, 9.17) is 25.8 Å². The fraction of sp³-hybridized carbons (Fsp3) is 0.250. The van der Waals surface area contributed by atoms with E-state index >= 15 is 0 Å². The van der Waals surface area contributed by atoms with Gasteiger partial charge in [0.2, 0.25) is 0 Å². The van der Waals surface area contributed by atoms with Gasteiger partial charge in [0.25, 0.3) is 0 Å². The molecule has 0 radical (unpaired) electrons. The Kier molecular flexibility index (Phi) is 5.72. The summed E-state index contributed by atoms with van der Waals surface area (Å²) < 4.78 is 16.4. The molecule has 0 atom stereocenters. The maximum atomic E-state index is 9.29. The molecular weight excluding hydrogens is 292 g/mol. The predicted molar refractivity (Wildman–Crippen MR) is 81.4 cm³/mol. The van der Waals surface area contributed by atoms with Crippen LogP contribution in [0.4, 0.5) is 0 Å². The van der Waals surface area contributed by atoms with Gasteiger partial charge in [-0.3, -0.25) is 0 Å². The average molecular weight is 309 g/mol. The average Bonchev–Trinajstić information content (AvgIpc) is 2.52. The van der Waals surface area contributed by atoms with Gasteiger partial charge in [-0.15, -0.1) is 0 Å². The van der Waals surface area contributed by atoms with Gasteiger partial charge in [-0.1, -0.05) is 29.8 Å². The molecule has 0 heterocycles. The van der Waals surface area contributed by atoms with E-state index in [0.717, 1.165) is 0 Å². The van der Waals surface area contributed by atoms with Crippen LogP contribution in [0.2, 0.25) is 5.02 Å². The van der Waals surface area contributed by atoms with E-state index in [-0.39, 0.29) is 6.61 Å². The summed E-state index contributed by atoms with van der Waals surface area (Å²) in [6.07, 6.45) is 0. The molecule has 0 bridgehead atoms. The minimum absolute atomic E-state index is 0.164. The summed E-state index contributed by atoms with van der Waals surface area (Å²) >= 11 is 5.99. The lowest BCUT2D eigenvalue weighted by atomic mass is 10.2. The molecule has 2 aromatic carbocycles. The van der Waals surface area contributed by atoms with Crippen molar-refractivity contribution in [3.8, 4) is 17.2 Å². The standard InChI is InChI=1S/C16H17ClO4/c1-19-15-6-2-3-7-16(15)21-10-9-20-14-8-4-5-13(17)12(14)11-18/h2-8,18H,9-11H2,1H3. The Balaban J connectivity index is 1.89. The lowest BCUT2D eigenvalue weighted by Gasteiger charge is -2.13. The van der Waals surface area contributed by atoms with Crippen LogP contribution in [0.3, 0.4) is 0 Å². The second kappa shape index (κ2) is 7.76. The van der Waals surface area contributed by atoms with Crippen LogP contribution in [0.15, 0.2) is 42.5 Å². The van der Waals surface area contributed by atoms with Crippen molar-refractivity contribution in [3.05, 3.63) is 53.1 Å². The Morgan fingerprint density at radius 1 is 0.905 bits per heavy atom. The fourth-order valence-electron chi connectivity index (χ4n) is 1.87. The predicted octanol–water partition coefficient (Wildman–Crippen LogP) is 3.30. The minimum atomic E-state index is -0.164. The molecule has 5 heteroatoms. The maximum absolute atomic E-state index is 9.29. The van der Waals surface area contributed by atoms with Crippen LogP contribution < -0.4 is 14.2 Å². The highest BCUT2D eigenvalue weighted by Crippen LogP contribution is 2.27. The molecule has 4 nitrogen and oxygen atoms in total. The van der Waals surface area contributed by atoms with Gasteiger partial charge in [-0.25, -0.2) is 0 Å². The molecule has 0 saturated heterocycles. The highest BCUT2D eigenvalue weighted by Gasteiger charge is 2.07. The molecule has 2 rings (SSSR count). The van der Waals surface area contributed by atoms with Gasteiger partial charge in [0.05, 0.1) is 13.7 Å². The van der Waals surface area contributed by atoms with E-state index in [1.54, 1.807) is 25.3 Å². The number of aliphatic hydroxyl groups excluding tert-OH is 1. The van der Waals surface area contributed by atoms with Gasteiger partial charge < -0.3 is 19.3 Å². The molecule has 0 fully saturated rings. The van der Waals surface area contributed by atoms with Gasteiger partial charge in [0.15, 0.2) is 11.5 Å². The van der Waals surface area contributed by atoms with E-state index in [2.05, 4.69) is 0 Å². The zero-order valence-electron chi connectivity index (χ0n) is 11.7. The number of ether oxygens (including phenoxy) is 3. The number of aliphatic hydroxyl groups is 1. The summed E-state index contributed by atoms with van der Waals surface area (Å²) in [5.74, 6) is 1.90. The molecule has 0 saturated carbocycles. The van der Waals surface area contributed by atoms with E-state index in [1.165, 1.54) is 0 Å². The number of para-hydroxylation sites is 2. The first kappa shape index (κ1) is 15.5. The van der Waals surface area contributed by atoms with E-state index < -0.39 is 0 Å². The molecule has 0 aliphatic heterocycles. The molecule has 21 heavy (non-hydrogen) atoms. The molecule has 0 aliphatic carbocycles. The van der Waals surface area contributed by atoms with Crippen LogP contribution in [-0.2, 0) is 6.61 Å². The van der Waals surface area contributed by atoms with Gasteiger partial charge in [0.1, 0.15) is 19.0 Å². The van der Waals surface area contributed by atoms with Crippen molar-refractivity contribution in [2.75, 3.05) is 20.3 Å². The number of methoxy groups -OCH3 is 1. The highest BCUT2D eigenvalue weighted by molar-refractivity contribution is 6.31. The monoisotopic (exact) mass is 308 g/mol. The topological polar surface area (TPSA) is 47.9 Å². The number of rotatable bonds is 7. The Hall–Kier alpha value is -1.91. The Labute approximate surface area is 128 Å². The first-order chi connectivity index (χ1) is 10.3. The third-order valence-electron chi connectivity index (χ3n) is 2.90. The molecule has 1 N–H and O–H groups in total. The van der Waals surface area contributed by atoms with Crippen molar-refractivity contribution >= 4 is 11.6 Å². The molecule has 2 aromatic rings. The van der Waals surface area contributed by atoms with Crippen LogP contribution in [0.25, 0.3) is 0 Å². The van der Waals surface area contributed by atoms with Crippen molar-refractivity contribution < 1.29 is 19.3 Å². The quantitative estimate of drug-likeness (QED) is 0.797.